The average molecular weight is 201 g/mol. The Morgan fingerprint density at radius 3 is 3.13 bits per heavy atom. The number of methoxy groups -OCH3 is 1. The Morgan fingerprint density at radius 2 is 2.47 bits per heavy atom. The van der Waals surface area contributed by atoms with E-state index in [1.54, 1.807) is 18.5 Å². The van der Waals surface area contributed by atoms with Gasteiger partial charge < -0.3 is 9.72 Å². The molecule has 0 aliphatic heterocycles. The van der Waals surface area contributed by atoms with Gasteiger partial charge in [-0.1, -0.05) is 0 Å². The van der Waals surface area contributed by atoms with Gasteiger partial charge in [-0.2, -0.15) is 5.26 Å². The molecule has 0 aliphatic rings. The van der Waals surface area contributed by atoms with E-state index in [0.29, 0.717) is 16.5 Å². The molecule has 0 aromatic carbocycles. The number of aromatic amines is 1. The summed E-state index contributed by atoms with van der Waals surface area (Å²) in [5.74, 6) is -0.553. The van der Waals surface area contributed by atoms with Crippen molar-refractivity contribution in [2.45, 2.75) is 0 Å². The van der Waals surface area contributed by atoms with Gasteiger partial charge in [-0.05, 0) is 6.07 Å². The highest BCUT2D eigenvalue weighted by molar-refractivity contribution is 5.99. The first kappa shape index (κ1) is 9.21. The Labute approximate surface area is 85.3 Å². The monoisotopic (exact) mass is 201 g/mol. The van der Waals surface area contributed by atoms with Crippen LogP contribution >= 0.6 is 0 Å². The minimum Gasteiger partial charge on any atom is -0.464 e. The van der Waals surface area contributed by atoms with Crippen molar-refractivity contribution in [1.82, 2.24) is 9.97 Å². The summed E-state index contributed by atoms with van der Waals surface area (Å²) in [6, 6.07) is 3.65. The lowest BCUT2D eigenvalue weighted by Gasteiger charge is -1.94. The molecule has 0 bridgehead atoms. The summed E-state index contributed by atoms with van der Waals surface area (Å²) < 4.78 is 4.57. The van der Waals surface area contributed by atoms with Crippen LogP contribution in [-0.4, -0.2) is 23.0 Å². The molecule has 15 heavy (non-hydrogen) atoms. The van der Waals surface area contributed by atoms with E-state index in [1.165, 1.54) is 7.11 Å². The van der Waals surface area contributed by atoms with Gasteiger partial charge in [0, 0.05) is 11.6 Å². The van der Waals surface area contributed by atoms with Crippen molar-refractivity contribution in [2.75, 3.05) is 7.11 Å². The van der Waals surface area contributed by atoms with Crippen molar-refractivity contribution in [3.8, 4) is 6.07 Å². The van der Waals surface area contributed by atoms with Crippen LogP contribution in [0.4, 0.5) is 0 Å². The van der Waals surface area contributed by atoms with Crippen molar-refractivity contribution in [3.05, 3.63) is 29.7 Å². The lowest BCUT2D eigenvalue weighted by Crippen LogP contribution is -2.03. The maximum absolute atomic E-state index is 11.3. The van der Waals surface area contributed by atoms with Crippen molar-refractivity contribution in [2.24, 2.45) is 0 Å². The van der Waals surface area contributed by atoms with Gasteiger partial charge in [0.25, 0.3) is 0 Å². The van der Waals surface area contributed by atoms with Gasteiger partial charge in [0.15, 0.2) is 0 Å². The minimum absolute atomic E-state index is 0.169. The molecular weight excluding hydrogens is 194 g/mol. The van der Waals surface area contributed by atoms with Gasteiger partial charge in [0.1, 0.15) is 11.8 Å². The fraction of sp³-hybridized carbons (Fsp3) is 0.100. The van der Waals surface area contributed by atoms with Gasteiger partial charge in [0.2, 0.25) is 0 Å². The molecule has 1 N–H and O–H groups in total. The van der Waals surface area contributed by atoms with E-state index in [2.05, 4.69) is 14.7 Å². The second-order valence-electron chi connectivity index (χ2n) is 2.90. The summed E-state index contributed by atoms with van der Waals surface area (Å²) in [4.78, 5) is 18.0. The zero-order valence-corrected chi connectivity index (χ0v) is 7.94. The number of ether oxygens (including phenoxy) is 1. The summed E-state index contributed by atoms with van der Waals surface area (Å²) in [5, 5.41) is 9.63. The first-order chi connectivity index (χ1) is 7.27. The van der Waals surface area contributed by atoms with Crippen LogP contribution in [0.15, 0.2) is 18.5 Å². The molecule has 0 atom stereocenters. The molecule has 5 nitrogen and oxygen atoms in total. The lowest BCUT2D eigenvalue weighted by atomic mass is 10.2. The third-order valence-electron chi connectivity index (χ3n) is 2.10. The van der Waals surface area contributed by atoms with Crippen LogP contribution in [0.1, 0.15) is 16.1 Å². The molecule has 5 heteroatoms. The lowest BCUT2D eigenvalue weighted by molar-refractivity contribution is 0.0595. The van der Waals surface area contributed by atoms with Crippen LogP contribution in [0.5, 0.6) is 0 Å². The number of carbonyl (C=O) groups is 1. The zero-order valence-electron chi connectivity index (χ0n) is 7.94. The molecule has 2 heterocycles. The number of nitriles is 1. The number of aromatic nitrogens is 2. The molecule has 74 valence electrons. The Hall–Kier alpha value is -2.35. The number of rotatable bonds is 1. The third kappa shape index (κ3) is 1.32. The summed E-state index contributed by atoms with van der Waals surface area (Å²) in [5.41, 5.74) is 1.11. The number of nitrogens with zero attached hydrogens (tertiary/aromatic N) is 2. The number of pyridine rings is 1. The van der Waals surface area contributed by atoms with Crippen LogP contribution in [0, 0.1) is 11.3 Å². The van der Waals surface area contributed by atoms with Gasteiger partial charge >= 0.3 is 5.97 Å². The molecule has 2 aromatic heterocycles. The first-order valence-corrected chi connectivity index (χ1v) is 4.22. The van der Waals surface area contributed by atoms with Crippen molar-refractivity contribution in [1.29, 1.82) is 5.26 Å². The number of nitrogens with one attached hydrogen (secondary N) is 1. The number of H-pyrrole nitrogens is 1. The smallest absolute Gasteiger partial charge is 0.355 e. The summed E-state index contributed by atoms with van der Waals surface area (Å²) in [6.07, 6.45) is 3.13. The summed E-state index contributed by atoms with van der Waals surface area (Å²) in [7, 11) is 1.27. The molecule has 2 aromatic rings. The quantitative estimate of drug-likeness (QED) is 0.703. The van der Waals surface area contributed by atoms with E-state index in [0.717, 1.165) is 0 Å². The predicted molar refractivity (Wildman–Crippen MR) is 52.1 cm³/mol. The average Bonchev–Trinajstić information content (AvgIpc) is 2.66. The predicted octanol–water partition coefficient (Wildman–Crippen LogP) is 1.22. The van der Waals surface area contributed by atoms with Gasteiger partial charge in [-0.15, -0.1) is 0 Å². The number of esters is 1. The Morgan fingerprint density at radius 1 is 1.67 bits per heavy atom. The second-order valence-corrected chi connectivity index (χ2v) is 2.90. The number of fused-ring (bicyclic) bond motifs is 1. The van der Waals surface area contributed by atoms with E-state index >= 15 is 0 Å². The Balaban J connectivity index is 2.76. The fourth-order valence-corrected chi connectivity index (χ4v) is 1.42. The molecule has 0 radical (unpaired) electrons. The van der Waals surface area contributed by atoms with Crippen LogP contribution in [0.2, 0.25) is 0 Å². The van der Waals surface area contributed by atoms with Crippen LogP contribution < -0.4 is 0 Å². The highest BCUT2D eigenvalue weighted by Crippen LogP contribution is 2.20. The largest absolute Gasteiger partial charge is 0.464 e. The van der Waals surface area contributed by atoms with E-state index < -0.39 is 5.97 Å². The fourth-order valence-electron chi connectivity index (χ4n) is 1.42. The molecule has 0 saturated carbocycles. The highest BCUT2D eigenvalue weighted by Gasteiger charge is 2.17. The zero-order chi connectivity index (χ0) is 10.8. The van der Waals surface area contributed by atoms with Crippen molar-refractivity contribution >= 4 is 16.9 Å². The summed E-state index contributed by atoms with van der Waals surface area (Å²) >= 11 is 0. The van der Waals surface area contributed by atoms with Gasteiger partial charge in [-0.25, -0.2) is 4.79 Å². The van der Waals surface area contributed by atoms with Crippen LogP contribution in [-0.2, 0) is 4.74 Å². The highest BCUT2D eigenvalue weighted by atomic mass is 16.5. The third-order valence-corrected chi connectivity index (χ3v) is 2.10. The topological polar surface area (TPSA) is 78.8 Å². The van der Waals surface area contributed by atoms with Crippen LogP contribution in [0.25, 0.3) is 10.9 Å². The van der Waals surface area contributed by atoms with E-state index in [-0.39, 0.29) is 5.69 Å². The first-order valence-electron chi connectivity index (χ1n) is 4.22. The Kier molecular flexibility index (Phi) is 2.10. The normalized spacial score (nSPS) is 9.87. The van der Waals surface area contributed by atoms with E-state index in [4.69, 9.17) is 5.26 Å². The van der Waals surface area contributed by atoms with Crippen molar-refractivity contribution < 1.29 is 9.53 Å². The van der Waals surface area contributed by atoms with E-state index in [9.17, 15) is 4.79 Å². The molecule has 0 amide bonds. The Bertz CT molecular complexity index is 566. The van der Waals surface area contributed by atoms with E-state index in [1.807, 2.05) is 6.07 Å². The molecule has 0 saturated heterocycles. The molecule has 0 aliphatic carbocycles. The van der Waals surface area contributed by atoms with Crippen LogP contribution in [0.3, 0.4) is 0 Å². The van der Waals surface area contributed by atoms with Crippen molar-refractivity contribution in [3.63, 3.8) is 0 Å². The summed E-state index contributed by atoms with van der Waals surface area (Å²) in [6.45, 7) is 0. The molecule has 0 unspecified atom stereocenters. The minimum atomic E-state index is -0.553. The SMILES string of the molecule is COC(=O)c1[nH]c2cnccc2c1C#N. The molecular formula is C10H7N3O2. The number of carbonyl (C=O) groups excluding carboxylic acids is 1. The number of hydrogen-bond donors (Lipinski definition) is 1. The molecule has 0 spiro atoms. The maximum Gasteiger partial charge on any atom is 0.355 e. The van der Waals surface area contributed by atoms with Gasteiger partial charge in [0.05, 0.1) is 24.4 Å². The maximum atomic E-state index is 11.3. The van der Waals surface area contributed by atoms with Gasteiger partial charge in [-0.3, -0.25) is 4.98 Å². The standard InChI is InChI=1S/C10H7N3O2/c1-15-10(14)9-7(4-11)6-2-3-12-5-8(6)13-9/h2-3,5,13H,1H3. The number of hydrogen-bond acceptors (Lipinski definition) is 4. The second kappa shape index (κ2) is 3.42. The molecule has 0 fully saturated rings. The molecule has 2 rings (SSSR count).